The summed E-state index contributed by atoms with van der Waals surface area (Å²) in [5, 5.41) is 5.68. The number of para-hydroxylation sites is 1. The second-order valence-corrected chi connectivity index (χ2v) is 6.34. The van der Waals surface area contributed by atoms with E-state index >= 15 is 0 Å². The number of hydrogen-bond donors (Lipinski definition) is 2. The van der Waals surface area contributed by atoms with E-state index in [4.69, 9.17) is 4.74 Å². The van der Waals surface area contributed by atoms with Gasteiger partial charge < -0.3 is 15.4 Å². The molecule has 144 valence electrons. The second kappa shape index (κ2) is 11.0. The van der Waals surface area contributed by atoms with Gasteiger partial charge in [-0.15, -0.1) is 0 Å². The van der Waals surface area contributed by atoms with Crippen LogP contribution >= 0.6 is 0 Å². The Morgan fingerprint density at radius 1 is 0.926 bits per heavy atom. The molecule has 0 spiro atoms. The molecule has 2 rings (SSSR count). The van der Waals surface area contributed by atoms with Crippen molar-refractivity contribution < 1.29 is 14.3 Å². The lowest BCUT2D eigenvalue weighted by Crippen LogP contribution is -2.24. The number of nitrogens with one attached hydrogen (secondary N) is 2. The summed E-state index contributed by atoms with van der Waals surface area (Å²) in [6, 6.07) is 14.1. The van der Waals surface area contributed by atoms with Crippen molar-refractivity contribution in [1.29, 1.82) is 0 Å². The van der Waals surface area contributed by atoms with Crippen LogP contribution in [0, 0.1) is 0 Å². The van der Waals surface area contributed by atoms with E-state index in [9.17, 15) is 9.59 Å². The molecule has 2 aromatic rings. The summed E-state index contributed by atoms with van der Waals surface area (Å²) in [4.78, 5) is 24.8. The van der Waals surface area contributed by atoms with Crippen LogP contribution in [-0.2, 0) is 0 Å². The monoisotopic (exact) mass is 368 g/mol. The topological polar surface area (TPSA) is 67.4 Å². The van der Waals surface area contributed by atoms with Crippen LogP contribution in [0.5, 0.6) is 5.75 Å². The predicted molar refractivity (Wildman–Crippen MR) is 108 cm³/mol. The van der Waals surface area contributed by atoms with Crippen molar-refractivity contribution in [3.05, 3.63) is 59.7 Å². The molecule has 0 heterocycles. The molecule has 2 N–H and O–H groups in total. The van der Waals surface area contributed by atoms with Gasteiger partial charge in [0.1, 0.15) is 5.75 Å². The maximum atomic E-state index is 12.7. The van der Waals surface area contributed by atoms with Crippen LogP contribution in [-0.4, -0.2) is 25.0 Å². The number of rotatable bonds is 10. The number of carbonyl (C=O) groups is 2. The molecule has 2 amide bonds. The van der Waals surface area contributed by atoms with Crippen molar-refractivity contribution in [2.45, 2.75) is 39.5 Å². The first-order valence-electron chi connectivity index (χ1n) is 9.57. The van der Waals surface area contributed by atoms with Crippen LogP contribution in [0.3, 0.4) is 0 Å². The van der Waals surface area contributed by atoms with Crippen LogP contribution in [0.4, 0.5) is 5.69 Å². The third-order valence-corrected chi connectivity index (χ3v) is 4.06. The molecule has 0 atom stereocenters. The van der Waals surface area contributed by atoms with Crippen molar-refractivity contribution in [3.63, 3.8) is 0 Å². The number of hydrogen-bond acceptors (Lipinski definition) is 3. The fourth-order valence-corrected chi connectivity index (χ4v) is 2.59. The lowest BCUT2D eigenvalue weighted by molar-refractivity contribution is 0.0952. The van der Waals surface area contributed by atoms with Crippen LogP contribution in [0.25, 0.3) is 0 Å². The molecule has 27 heavy (non-hydrogen) atoms. The number of ether oxygens (including phenoxy) is 1. The minimum atomic E-state index is -0.257. The van der Waals surface area contributed by atoms with Gasteiger partial charge in [0.2, 0.25) is 0 Å². The van der Waals surface area contributed by atoms with E-state index in [1.807, 2.05) is 19.1 Å². The average Bonchev–Trinajstić information content (AvgIpc) is 2.70. The van der Waals surface area contributed by atoms with Gasteiger partial charge in [-0.1, -0.05) is 44.9 Å². The summed E-state index contributed by atoms with van der Waals surface area (Å²) < 4.78 is 5.78. The van der Waals surface area contributed by atoms with Gasteiger partial charge in [-0.05, 0) is 43.2 Å². The highest BCUT2D eigenvalue weighted by Gasteiger charge is 2.13. The molecule has 0 aliphatic rings. The Bertz CT molecular complexity index is 759. The standard InChI is InChI=1S/C22H28N2O3/c1-3-5-8-15-27-20-13-7-6-12-19(20)22(26)24-18-11-9-10-17(16-18)21(25)23-14-4-2/h6-7,9-13,16H,3-5,8,14-15H2,1-2H3,(H,23,25)(H,24,26). The first-order chi connectivity index (χ1) is 13.2. The molecule has 0 fully saturated rings. The minimum Gasteiger partial charge on any atom is -0.493 e. The molecular weight excluding hydrogens is 340 g/mol. The van der Waals surface area contributed by atoms with E-state index in [2.05, 4.69) is 17.6 Å². The van der Waals surface area contributed by atoms with Crippen LogP contribution < -0.4 is 15.4 Å². The molecule has 0 unspecified atom stereocenters. The fraction of sp³-hybridized carbons (Fsp3) is 0.364. The number of benzene rings is 2. The lowest BCUT2D eigenvalue weighted by atomic mass is 10.1. The number of amides is 2. The third-order valence-electron chi connectivity index (χ3n) is 4.06. The smallest absolute Gasteiger partial charge is 0.259 e. The van der Waals surface area contributed by atoms with E-state index < -0.39 is 0 Å². The van der Waals surface area contributed by atoms with Crippen molar-refractivity contribution in [1.82, 2.24) is 5.32 Å². The first-order valence-corrected chi connectivity index (χ1v) is 9.57. The van der Waals surface area contributed by atoms with Crippen molar-refractivity contribution in [2.24, 2.45) is 0 Å². The second-order valence-electron chi connectivity index (χ2n) is 6.34. The van der Waals surface area contributed by atoms with Gasteiger partial charge in [-0.2, -0.15) is 0 Å². The predicted octanol–water partition coefficient (Wildman–Crippen LogP) is 4.65. The molecule has 0 aliphatic heterocycles. The summed E-state index contributed by atoms with van der Waals surface area (Å²) in [5.41, 5.74) is 1.57. The Labute approximate surface area is 161 Å². The van der Waals surface area contributed by atoms with Crippen LogP contribution in [0.15, 0.2) is 48.5 Å². The van der Waals surface area contributed by atoms with Gasteiger partial charge in [0, 0.05) is 17.8 Å². The average molecular weight is 368 g/mol. The molecule has 0 bridgehead atoms. The Morgan fingerprint density at radius 2 is 1.74 bits per heavy atom. The molecule has 0 radical (unpaired) electrons. The largest absolute Gasteiger partial charge is 0.493 e. The lowest BCUT2D eigenvalue weighted by Gasteiger charge is -2.12. The quantitative estimate of drug-likeness (QED) is 0.600. The maximum Gasteiger partial charge on any atom is 0.259 e. The van der Waals surface area contributed by atoms with E-state index in [1.165, 1.54) is 0 Å². The Balaban J connectivity index is 2.06. The van der Waals surface area contributed by atoms with E-state index in [-0.39, 0.29) is 11.8 Å². The highest BCUT2D eigenvalue weighted by atomic mass is 16.5. The molecule has 0 aliphatic carbocycles. The summed E-state index contributed by atoms with van der Waals surface area (Å²) >= 11 is 0. The molecular formula is C22H28N2O3. The van der Waals surface area contributed by atoms with Gasteiger partial charge in [-0.3, -0.25) is 9.59 Å². The number of unbranched alkanes of at least 4 members (excludes halogenated alkanes) is 2. The normalized spacial score (nSPS) is 10.3. The van der Waals surface area contributed by atoms with Gasteiger partial charge in [-0.25, -0.2) is 0 Å². The van der Waals surface area contributed by atoms with Crippen molar-refractivity contribution >= 4 is 17.5 Å². The van der Waals surface area contributed by atoms with Gasteiger partial charge in [0.15, 0.2) is 0 Å². The summed E-state index contributed by atoms with van der Waals surface area (Å²) in [5.74, 6) is 0.169. The SMILES string of the molecule is CCCCCOc1ccccc1C(=O)Nc1cccc(C(=O)NCCC)c1. The number of anilines is 1. The Morgan fingerprint density at radius 3 is 2.52 bits per heavy atom. The van der Waals surface area contributed by atoms with Gasteiger partial charge in [0.05, 0.1) is 12.2 Å². The van der Waals surface area contributed by atoms with Gasteiger partial charge in [0.25, 0.3) is 11.8 Å². The third kappa shape index (κ3) is 6.44. The zero-order valence-corrected chi connectivity index (χ0v) is 16.1. The van der Waals surface area contributed by atoms with Crippen LogP contribution in [0.2, 0.25) is 0 Å². The molecule has 0 saturated carbocycles. The Kier molecular flexibility index (Phi) is 8.36. The minimum absolute atomic E-state index is 0.146. The first kappa shape index (κ1) is 20.5. The van der Waals surface area contributed by atoms with Crippen molar-refractivity contribution in [3.8, 4) is 5.75 Å². The molecule has 5 heteroatoms. The Hall–Kier alpha value is -2.82. The van der Waals surface area contributed by atoms with E-state index in [0.717, 1.165) is 25.7 Å². The molecule has 2 aromatic carbocycles. The summed E-state index contributed by atoms with van der Waals surface area (Å²) in [6.07, 6.45) is 4.05. The summed E-state index contributed by atoms with van der Waals surface area (Å²) in [6.45, 7) is 5.35. The highest BCUT2D eigenvalue weighted by Crippen LogP contribution is 2.20. The van der Waals surface area contributed by atoms with Crippen molar-refractivity contribution in [2.75, 3.05) is 18.5 Å². The number of carbonyl (C=O) groups excluding carboxylic acids is 2. The molecule has 5 nitrogen and oxygen atoms in total. The van der Waals surface area contributed by atoms with E-state index in [0.29, 0.717) is 35.7 Å². The summed E-state index contributed by atoms with van der Waals surface area (Å²) in [7, 11) is 0. The zero-order chi connectivity index (χ0) is 19.5. The zero-order valence-electron chi connectivity index (χ0n) is 16.1. The van der Waals surface area contributed by atoms with Gasteiger partial charge >= 0.3 is 0 Å². The van der Waals surface area contributed by atoms with Crippen LogP contribution in [0.1, 0.15) is 60.2 Å². The highest BCUT2D eigenvalue weighted by molar-refractivity contribution is 6.06. The molecule has 0 saturated heterocycles. The van der Waals surface area contributed by atoms with E-state index in [1.54, 1.807) is 36.4 Å². The fourth-order valence-electron chi connectivity index (χ4n) is 2.59. The molecule has 0 aromatic heterocycles. The maximum absolute atomic E-state index is 12.7.